The van der Waals surface area contributed by atoms with Crippen molar-refractivity contribution in [1.82, 2.24) is 15.5 Å². The lowest BCUT2D eigenvalue weighted by atomic mass is 9.99. The normalized spacial score (nSPS) is 13.2. The predicted octanol–water partition coefficient (Wildman–Crippen LogP) is 1.89. The zero-order valence-electron chi connectivity index (χ0n) is 20.1. The van der Waals surface area contributed by atoms with Crippen molar-refractivity contribution in [3.05, 3.63) is 48.0 Å². The number of hydrogen-bond donors (Lipinski definition) is 4. The Bertz CT molecular complexity index is 1020. The number of aliphatic carboxylic acids is 1. The van der Waals surface area contributed by atoms with Crippen LogP contribution in [0.1, 0.15) is 38.2 Å². The van der Waals surface area contributed by atoms with Gasteiger partial charge >= 0.3 is 5.97 Å². The second-order valence-electron chi connectivity index (χ2n) is 8.54. The number of nitrogens with two attached hydrogens (primary N) is 1. The zero-order chi connectivity index (χ0) is 25.1. The molecule has 9 nitrogen and oxygen atoms in total. The lowest BCUT2D eigenvalue weighted by Crippen LogP contribution is -2.49. The fourth-order valence-corrected chi connectivity index (χ4v) is 3.58. The molecule has 0 aliphatic rings. The molecule has 9 heteroatoms. The van der Waals surface area contributed by atoms with Crippen LogP contribution in [0.3, 0.4) is 0 Å². The Kier molecular flexibility index (Phi) is 10.3. The molecule has 2 aromatic rings. The molecule has 0 aliphatic carbocycles. The molecule has 2 atom stereocenters. The van der Waals surface area contributed by atoms with Gasteiger partial charge in [0.1, 0.15) is 6.04 Å². The van der Waals surface area contributed by atoms with E-state index in [-0.39, 0.29) is 24.8 Å². The number of carboxylic acids is 1. The Hall–Kier alpha value is -3.62. The van der Waals surface area contributed by atoms with E-state index in [2.05, 4.69) is 33.8 Å². The summed E-state index contributed by atoms with van der Waals surface area (Å²) in [6.07, 6.45) is 1.05. The third-order valence-corrected chi connectivity index (χ3v) is 5.40. The Balaban J connectivity index is 2.02. The monoisotopic (exact) mass is 469 g/mol. The molecular weight excluding hydrogens is 434 g/mol. The number of nitrogens with zero attached hydrogens (tertiary/aromatic N) is 2. The van der Waals surface area contributed by atoms with Gasteiger partial charge in [-0.3, -0.25) is 19.4 Å². The molecule has 0 saturated heterocycles. The molecule has 0 aromatic heterocycles. The summed E-state index contributed by atoms with van der Waals surface area (Å²) in [5, 5.41) is 16.8. The van der Waals surface area contributed by atoms with Crippen LogP contribution in [-0.2, 0) is 20.8 Å². The second kappa shape index (κ2) is 13.2. The lowest BCUT2D eigenvalue weighted by molar-refractivity contribution is -0.139. The van der Waals surface area contributed by atoms with E-state index in [1.54, 1.807) is 19.0 Å². The molecule has 0 radical (unpaired) electrons. The Morgan fingerprint density at radius 1 is 1.06 bits per heavy atom. The van der Waals surface area contributed by atoms with Crippen LogP contribution in [0.2, 0.25) is 0 Å². The van der Waals surface area contributed by atoms with Crippen molar-refractivity contribution < 1.29 is 19.5 Å². The standard InChI is InChI=1S/C25H35N5O4/c1-17(16-19-10-6-9-18-8-4-5-11-20(18)19)28-24(34)21(29-22(31)13-14-23(32)33)12-7-15-27-25(26)30(2)3/h4-6,8-11,17,21H,7,12-16H2,1-3H3,(H2,26,27)(H,28,34)(H,29,31)(H,32,33). The van der Waals surface area contributed by atoms with Crippen LogP contribution in [0.15, 0.2) is 47.5 Å². The van der Waals surface area contributed by atoms with Gasteiger partial charge in [0.05, 0.1) is 6.42 Å². The summed E-state index contributed by atoms with van der Waals surface area (Å²) in [7, 11) is 3.57. The first-order valence-electron chi connectivity index (χ1n) is 11.4. The molecule has 0 fully saturated rings. The van der Waals surface area contributed by atoms with Gasteiger partial charge < -0.3 is 26.4 Å². The number of carboxylic acid groups (broad SMARTS) is 1. The smallest absolute Gasteiger partial charge is 0.303 e. The Morgan fingerprint density at radius 3 is 2.47 bits per heavy atom. The summed E-state index contributed by atoms with van der Waals surface area (Å²) in [6, 6.07) is 13.2. The molecule has 0 saturated carbocycles. The summed E-state index contributed by atoms with van der Waals surface area (Å²) < 4.78 is 0. The van der Waals surface area contributed by atoms with Crippen LogP contribution in [0.25, 0.3) is 10.8 Å². The number of carbonyl (C=O) groups is 3. The van der Waals surface area contributed by atoms with Gasteiger partial charge in [-0.25, -0.2) is 0 Å². The number of rotatable bonds is 12. The minimum atomic E-state index is -1.06. The van der Waals surface area contributed by atoms with Crippen molar-refractivity contribution in [1.29, 1.82) is 0 Å². The number of guanidine groups is 1. The lowest BCUT2D eigenvalue weighted by Gasteiger charge is -2.22. The van der Waals surface area contributed by atoms with Crippen LogP contribution < -0.4 is 16.4 Å². The van der Waals surface area contributed by atoms with Crippen LogP contribution in [0, 0.1) is 0 Å². The van der Waals surface area contributed by atoms with Gasteiger partial charge in [0.25, 0.3) is 0 Å². The summed E-state index contributed by atoms with van der Waals surface area (Å²) in [5.41, 5.74) is 6.92. The maximum absolute atomic E-state index is 13.0. The van der Waals surface area contributed by atoms with Crippen molar-refractivity contribution in [3.8, 4) is 0 Å². The van der Waals surface area contributed by atoms with E-state index in [0.717, 1.165) is 16.3 Å². The minimum Gasteiger partial charge on any atom is -0.481 e. The average Bonchev–Trinajstić information content (AvgIpc) is 2.79. The summed E-state index contributed by atoms with van der Waals surface area (Å²) >= 11 is 0. The van der Waals surface area contributed by atoms with Crippen molar-refractivity contribution in [3.63, 3.8) is 0 Å². The molecule has 5 N–H and O–H groups in total. The molecule has 2 aromatic carbocycles. The highest BCUT2D eigenvalue weighted by Gasteiger charge is 2.22. The van der Waals surface area contributed by atoms with E-state index >= 15 is 0 Å². The van der Waals surface area contributed by atoms with Crippen LogP contribution in [-0.4, -0.2) is 66.5 Å². The molecule has 0 bridgehead atoms. The predicted molar refractivity (Wildman–Crippen MR) is 133 cm³/mol. The van der Waals surface area contributed by atoms with E-state index in [1.165, 1.54) is 0 Å². The minimum absolute atomic E-state index is 0.167. The molecule has 34 heavy (non-hydrogen) atoms. The first-order chi connectivity index (χ1) is 16.2. The second-order valence-corrected chi connectivity index (χ2v) is 8.54. The first kappa shape index (κ1) is 26.6. The largest absolute Gasteiger partial charge is 0.481 e. The highest BCUT2D eigenvalue weighted by Crippen LogP contribution is 2.19. The van der Waals surface area contributed by atoms with Crippen molar-refractivity contribution in [2.45, 2.75) is 51.1 Å². The molecule has 0 aliphatic heterocycles. The summed E-state index contributed by atoms with van der Waals surface area (Å²) in [4.78, 5) is 41.9. The van der Waals surface area contributed by atoms with Gasteiger partial charge in [0.15, 0.2) is 5.96 Å². The molecule has 2 rings (SSSR count). The van der Waals surface area contributed by atoms with Crippen molar-refractivity contribution >= 4 is 34.5 Å². The fraction of sp³-hybridized carbons (Fsp3) is 0.440. The number of hydrogen-bond acceptors (Lipinski definition) is 4. The number of aliphatic imine (C=N–C) groups is 1. The van der Waals surface area contributed by atoms with Gasteiger partial charge in [0, 0.05) is 33.1 Å². The summed E-state index contributed by atoms with van der Waals surface area (Å²) in [6.45, 7) is 2.33. The number of benzene rings is 2. The first-order valence-corrected chi connectivity index (χ1v) is 11.4. The van der Waals surface area contributed by atoms with Crippen molar-refractivity contribution in [2.24, 2.45) is 10.7 Å². The van der Waals surface area contributed by atoms with Gasteiger partial charge in [-0.15, -0.1) is 0 Å². The third-order valence-electron chi connectivity index (χ3n) is 5.40. The molecular formula is C25H35N5O4. The quantitative estimate of drug-likeness (QED) is 0.213. The number of fused-ring (bicyclic) bond motifs is 1. The number of amides is 2. The fourth-order valence-electron chi connectivity index (χ4n) is 3.58. The molecule has 2 unspecified atom stereocenters. The molecule has 2 amide bonds. The van der Waals surface area contributed by atoms with Crippen LogP contribution >= 0.6 is 0 Å². The number of carbonyl (C=O) groups excluding carboxylic acids is 2. The van der Waals surface area contributed by atoms with Gasteiger partial charge in [-0.05, 0) is 42.5 Å². The van der Waals surface area contributed by atoms with E-state index in [9.17, 15) is 14.4 Å². The Morgan fingerprint density at radius 2 is 1.76 bits per heavy atom. The molecule has 0 heterocycles. The van der Waals surface area contributed by atoms with Gasteiger partial charge in [-0.2, -0.15) is 0 Å². The van der Waals surface area contributed by atoms with Gasteiger partial charge in [0.2, 0.25) is 11.8 Å². The van der Waals surface area contributed by atoms with E-state index in [0.29, 0.717) is 31.8 Å². The number of nitrogens with one attached hydrogen (secondary N) is 2. The SMILES string of the molecule is CC(Cc1cccc2ccccc12)NC(=O)C(CCCN=C(N)N(C)C)NC(=O)CCC(=O)O. The van der Waals surface area contributed by atoms with Crippen molar-refractivity contribution in [2.75, 3.05) is 20.6 Å². The average molecular weight is 470 g/mol. The summed E-state index contributed by atoms with van der Waals surface area (Å²) in [5.74, 6) is -1.45. The highest BCUT2D eigenvalue weighted by atomic mass is 16.4. The Labute approximate surface area is 200 Å². The third kappa shape index (κ3) is 8.73. The highest BCUT2D eigenvalue weighted by molar-refractivity contribution is 5.89. The van der Waals surface area contributed by atoms with E-state index in [1.807, 2.05) is 31.2 Å². The zero-order valence-corrected chi connectivity index (χ0v) is 20.1. The topological polar surface area (TPSA) is 137 Å². The maximum Gasteiger partial charge on any atom is 0.303 e. The van der Waals surface area contributed by atoms with Gasteiger partial charge in [-0.1, -0.05) is 42.5 Å². The van der Waals surface area contributed by atoms with Crippen LogP contribution in [0.5, 0.6) is 0 Å². The maximum atomic E-state index is 13.0. The molecule has 184 valence electrons. The molecule has 0 spiro atoms. The van der Waals surface area contributed by atoms with Crippen LogP contribution in [0.4, 0.5) is 0 Å². The van der Waals surface area contributed by atoms with E-state index in [4.69, 9.17) is 10.8 Å². The van der Waals surface area contributed by atoms with E-state index < -0.39 is 17.9 Å².